The van der Waals surface area contributed by atoms with Crippen LogP contribution in [0.25, 0.3) is 0 Å². The lowest BCUT2D eigenvalue weighted by Crippen LogP contribution is -2.29. The zero-order chi connectivity index (χ0) is 11.8. The van der Waals surface area contributed by atoms with E-state index >= 15 is 0 Å². The SMILES string of the molecule is CCCC(CCc1cccc(Br)c1)NCC. The Morgan fingerprint density at radius 2 is 2.06 bits per heavy atom. The minimum absolute atomic E-state index is 0.675. The summed E-state index contributed by atoms with van der Waals surface area (Å²) in [4.78, 5) is 0. The Labute approximate surface area is 108 Å². The summed E-state index contributed by atoms with van der Waals surface area (Å²) in [5, 5.41) is 3.56. The highest BCUT2D eigenvalue weighted by Crippen LogP contribution is 2.14. The molecule has 0 aliphatic rings. The molecule has 90 valence electrons. The Morgan fingerprint density at radius 3 is 2.69 bits per heavy atom. The standard InChI is InChI=1S/C14H22BrN/c1-3-6-14(16-4-2)10-9-12-7-5-8-13(15)11-12/h5,7-8,11,14,16H,3-4,6,9-10H2,1-2H3. The van der Waals surface area contributed by atoms with Gasteiger partial charge in [0.2, 0.25) is 0 Å². The second-order valence-corrected chi connectivity index (χ2v) is 5.13. The Balaban J connectivity index is 2.41. The van der Waals surface area contributed by atoms with E-state index in [0.29, 0.717) is 6.04 Å². The lowest BCUT2D eigenvalue weighted by molar-refractivity contribution is 0.460. The van der Waals surface area contributed by atoms with E-state index in [0.717, 1.165) is 13.0 Å². The fourth-order valence-electron chi connectivity index (χ4n) is 2.02. The summed E-state index contributed by atoms with van der Waals surface area (Å²) in [5.41, 5.74) is 1.42. The number of aryl methyl sites for hydroxylation is 1. The van der Waals surface area contributed by atoms with Gasteiger partial charge in [0.05, 0.1) is 0 Å². The Kier molecular flexibility index (Phi) is 6.74. The van der Waals surface area contributed by atoms with E-state index in [9.17, 15) is 0 Å². The smallest absolute Gasteiger partial charge is 0.0177 e. The highest BCUT2D eigenvalue weighted by molar-refractivity contribution is 9.10. The van der Waals surface area contributed by atoms with Gasteiger partial charge in [-0.2, -0.15) is 0 Å². The molecule has 0 aliphatic heterocycles. The molecule has 1 aromatic rings. The molecule has 0 heterocycles. The number of hydrogen-bond donors (Lipinski definition) is 1. The first kappa shape index (κ1) is 13.7. The van der Waals surface area contributed by atoms with E-state index in [2.05, 4.69) is 59.4 Å². The van der Waals surface area contributed by atoms with Crippen molar-refractivity contribution >= 4 is 15.9 Å². The predicted molar refractivity (Wildman–Crippen MR) is 74.8 cm³/mol. The van der Waals surface area contributed by atoms with Crippen LogP contribution in [-0.2, 0) is 6.42 Å². The normalized spacial score (nSPS) is 12.7. The average molecular weight is 284 g/mol. The highest BCUT2D eigenvalue weighted by atomic mass is 79.9. The molecule has 0 amide bonds. The summed E-state index contributed by atoms with van der Waals surface area (Å²) in [6.07, 6.45) is 4.94. The van der Waals surface area contributed by atoms with Crippen LogP contribution in [0.4, 0.5) is 0 Å². The maximum Gasteiger partial charge on any atom is 0.0177 e. The van der Waals surface area contributed by atoms with Gasteiger partial charge in [-0.05, 0) is 43.5 Å². The van der Waals surface area contributed by atoms with E-state index in [-0.39, 0.29) is 0 Å². The maximum atomic E-state index is 3.56. The van der Waals surface area contributed by atoms with Crippen LogP contribution in [0.3, 0.4) is 0 Å². The van der Waals surface area contributed by atoms with Crippen molar-refractivity contribution in [3.8, 4) is 0 Å². The Morgan fingerprint density at radius 1 is 1.25 bits per heavy atom. The monoisotopic (exact) mass is 283 g/mol. The van der Waals surface area contributed by atoms with Crippen molar-refractivity contribution in [3.05, 3.63) is 34.3 Å². The molecule has 16 heavy (non-hydrogen) atoms. The average Bonchev–Trinajstić information content (AvgIpc) is 2.27. The summed E-state index contributed by atoms with van der Waals surface area (Å²) >= 11 is 3.52. The van der Waals surface area contributed by atoms with Crippen LogP contribution < -0.4 is 5.32 Å². The van der Waals surface area contributed by atoms with Gasteiger partial charge in [-0.3, -0.25) is 0 Å². The van der Waals surface area contributed by atoms with Crippen molar-refractivity contribution in [1.29, 1.82) is 0 Å². The summed E-state index contributed by atoms with van der Waals surface area (Å²) in [6, 6.07) is 9.29. The van der Waals surface area contributed by atoms with E-state index in [4.69, 9.17) is 0 Å². The van der Waals surface area contributed by atoms with Gasteiger partial charge >= 0.3 is 0 Å². The first-order valence-electron chi connectivity index (χ1n) is 6.24. The highest BCUT2D eigenvalue weighted by Gasteiger charge is 2.06. The van der Waals surface area contributed by atoms with Crippen LogP contribution in [0.2, 0.25) is 0 Å². The molecule has 0 saturated carbocycles. The molecule has 1 nitrogen and oxygen atoms in total. The van der Waals surface area contributed by atoms with Crippen LogP contribution in [0.1, 0.15) is 38.7 Å². The maximum absolute atomic E-state index is 3.56. The van der Waals surface area contributed by atoms with E-state index in [1.165, 1.54) is 29.3 Å². The third-order valence-electron chi connectivity index (χ3n) is 2.80. The Hall–Kier alpha value is -0.340. The van der Waals surface area contributed by atoms with Gasteiger partial charge in [0.25, 0.3) is 0 Å². The fourth-order valence-corrected chi connectivity index (χ4v) is 2.47. The number of benzene rings is 1. The third kappa shape index (κ3) is 5.13. The summed E-state index contributed by atoms with van der Waals surface area (Å²) in [5.74, 6) is 0. The van der Waals surface area contributed by atoms with E-state index < -0.39 is 0 Å². The van der Waals surface area contributed by atoms with Crippen LogP contribution in [-0.4, -0.2) is 12.6 Å². The molecule has 0 spiro atoms. The van der Waals surface area contributed by atoms with Crippen molar-refractivity contribution in [1.82, 2.24) is 5.32 Å². The molecule has 2 heteroatoms. The topological polar surface area (TPSA) is 12.0 Å². The van der Waals surface area contributed by atoms with Gasteiger partial charge in [0.1, 0.15) is 0 Å². The number of rotatable bonds is 7. The number of halogens is 1. The molecule has 0 aromatic heterocycles. The molecule has 1 atom stereocenters. The summed E-state index contributed by atoms with van der Waals surface area (Å²) in [6.45, 7) is 5.51. The first-order valence-corrected chi connectivity index (χ1v) is 7.03. The van der Waals surface area contributed by atoms with Crippen molar-refractivity contribution in [2.24, 2.45) is 0 Å². The number of hydrogen-bond acceptors (Lipinski definition) is 1. The Bertz CT molecular complexity index is 293. The number of nitrogens with one attached hydrogen (secondary N) is 1. The van der Waals surface area contributed by atoms with Crippen molar-refractivity contribution in [2.45, 2.75) is 45.6 Å². The zero-order valence-corrected chi connectivity index (χ0v) is 11.9. The first-order chi connectivity index (χ1) is 7.76. The molecule has 0 fully saturated rings. The quantitative estimate of drug-likeness (QED) is 0.792. The van der Waals surface area contributed by atoms with Crippen molar-refractivity contribution < 1.29 is 0 Å². The minimum Gasteiger partial charge on any atom is -0.314 e. The zero-order valence-electron chi connectivity index (χ0n) is 10.3. The molecule has 0 bridgehead atoms. The molecule has 1 aromatic carbocycles. The third-order valence-corrected chi connectivity index (χ3v) is 3.29. The molecular formula is C14H22BrN. The van der Waals surface area contributed by atoms with Gasteiger partial charge in [-0.1, -0.05) is 48.3 Å². The van der Waals surface area contributed by atoms with Crippen LogP contribution in [0, 0.1) is 0 Å². The van der Waals surface area contributed by atoms with Gasteiger partial charge in [0, 0.05) is 10.5 Å². The molecule has 1 rings (SSSR count). The van der Waals surface area contributed by atoms with Gasteiger partial charge in [-0.25, -0.2) is 0 Å². The molecule has 0 radical (unpaired) electrons. The van der Waals surface area contributed by atoms with Gasteiger partial charge < -0.3 is 5.32 Å². The fraction of sp³-hybridized carbons (Fsp3) is 0.571. The second kappa shape index (κ2) is 7.86. The predicted octanol–water partition coefficient (Wildman–Crippen LogP) is 4.16. The second-order valence-electron chi connectivity index (χ2n) is 4.21. The molecule has 1 unspecified atom stereocenters. The van der Waals surface area contributed by atoms with E-state index in [1.54, 1.807) is 0 Å². The lowest BCUT2D eigenvalue weighted by Gasteiger charge is -2.16. The largest absolute Gasteiger partial charge is 0.314 e. The molecule has 0 saturated heterocycles. The van der Waals surface area contributed by atoms with Crippen LogP contribution in [0.5, 0.6) is 0 Å². The van der Waals surface area contributed by atoms with Crippen molar-refractivity contribution in [2.75, 3.05) is 6.54 Å². The van der Waals surface area contributed by atoms with Crippen molar-refractivity contribution in [3.63, 3.8) is 0 Å². The van der Waals surface area contributed by atoms with E-state index in [1.807, 2.05) is 0 Å². The van der Waals surface area contributed by atoms with Gasteiger partial charge in [-0.15, -0.1) is 0 Å². The molecule has 1 N–H and O–H groups in total. The molecule has 0 aliphatic carbocycles. The summed E-state index contributed by atoms with van der Waals surface area (Å²) in [7, 11) is 0. The van der Waals surface area contributed by atoms with Crippen LogP contribution >= 0.6 is 15.9 Å². The van der Waals surface area contributed by atoms with Gasteiger partial charge in [0.15, 0.2) is 0 Å². The summed E-state index contributed by atoms with van der Waals surface area (Å²) < 4.78 is 1.18. The molecular weight excluding hydrogens is 262 g/mol. The lowest BCUT2D eigenvalue weighted by atomic mass is 10.0. The van der Waals surface area contributed by atoms with Crippen LogP contribution in [0.15, 0.2) is 28.7 Å². The minimum atomic E-state index is 0.675.